The van der Waals surface area contributed by atoms with E-state index in [9.17, 15) is 4.79 Å². The Morgan fingerprint density at radius 1 is 1.59 bits per heavy atom. The molecule has 2 rings (SSSR count). The Bertz CT molecular complexity index is 543. The van der Waals surface area contributed by atoms with Crippen molar-refractivity contribution in [3.8, 4) is 0 Å². The number of nitrogen functional groups attached to an aromatic ring is 1. The predicted molar refractivity (Wildman–Crippen MR) is 61.2 cm³/mol. The lowest BCUT2D eigenvalue weighted by molar-refractivity contribution is -0.117. The summed E-state index contributed by atoms with van der Waals surface area (Å²) in [6.07, 6.45) is 3.06. The predicted octanol–water partition coefficient (Wildman–Crippen LogP) is 0.709. The Balaban J connectivity index is 2.00. The maximum absolute atomic E-state index is 11.7. The van der Waals surface area contributed by atoms with E-state index in [2.05, 4.69) is 15.6 Å². The number of nitrogens with two attached hydrogens (primary N) is 1. The highest BCUT2D eigenvalue weighted by Crippen LogP contribution is 2.17. The van der Waals surface area contributed by atoms with Crippen molar-refractivity contribution in [3.63, 3.8) is 0 Å². The van der Waals surface area contributed by atoms with Crippen LogP contribution in [0.5, 0.6) is 0 Å². The van der Waals surface area contributed by atoms with Crippen molar-refractivity contribution in [1.29, 1.82) is 0 Å². The van der Waals surface area contributed by atoms with Crippen LogP contribution in [0.4, 0.5) is 11.6 Å². The summed E-state index contributed by atoms with van der Waals surface area (Å²) in [6, 6.07) is 0. The molecule has 0 saturated carbocycles. The summed E-state index contributed by atoms with van der Waals surface area (Å²) < 4.78 is 6.42. The van der Waals surface area contributed by atoms with Crippen molar-refractivity contribution >= 4 is 17.5 Å². The van der Waals surface area contributed by atoms with Crippen molar-refractivity contribution in [2.75, 3.05) is 11.1 Å². The van der Waals surface area contributed by atoms with Crippen LogP contribution in [0.3, 0.4) is 0 Å². The van der Waals surface area contributed by atoms with E-state index in [4.69, 9.17) is 10.3 Å². The number of hydrogen-bond acceptors (Lipinski definition) is 5. The molecule has 90 valence electrons. The first-order valence-corrected chi connectivity index (χ1v) is 5.07. The molecule has 2 heterocycles. The third kappa shape index (κ3) is 2.44. The highest BCUT2D eigenvalue weighted by molar-refractivity contribution is 5.89. The van der Waals surface area contributed by atoms with Gasteiger partial charge in [-0.05, 0) is 13.8 Å². The zero-order chi connectivity index (χ0) is 12.4. The van der Waals surface area contributed by atoms with Gasteiger partial charge in [0.25, 0.3) is 0 Å². The molecule has 0 radical (unpaired) electrons. The van der Waals surface area contributed by atoms with Crippen LogP contribution in [0, 0.1) is 13.8 Å². The standard InChI is InChI=1S/C10H13N5O2/c1-6-7(2)14-17-10(6)13-9(16)5-15-4-8(11)3-12-15/h3-4H,5,11H2,1-2H3,(H,13,16). The lowest BCUT2D eigenvalue weighted by Gasteiger charge is -2.02. The van der Waals surface area contributed by atoms with Crippen LogP contribution in [-0.2, 0) is 11.3 Å². The van der Waals surface area contributed by atoms with Gasteiger partial charge in [0.2, 0.25) is 11.8 Å². The van der Waals surface area contributed by atoms with Gasteiger partial charge in [0.05, 0.1) is 17.6 Å². The first-order valence-electron chi connectivity index (χ1n) is 5.07. The van der Waals surface area contributed by atoms with Gasteiger partial charge in [-0.2, -0.15) is 5.10 Å². The molecule has 3 N–H and O–H groups in total. The molecule has 7 nitrogen and oxygen atoms in total. The van der Waals surface area contributed by atoms with Crippen LogP contribution in [-0.4, -0.2) is 20.8 Å². The lowest BCUT2D eigenvalue weighted by atomic mass is 10.3. The molecule has 0 aliphatic heterocycles. The number of aryl methyl sites for hydroxylation is 1. The lowest BCUT2D eigenvalue weighted by Crippen LogP contribution is -2.19. The molecular formula is C10H13N5O2. The van der Waals surface area contributed by atoms with E-state index in [0.717, 1.165) is 11.3 Å². The molecule has 0 saturated heterocycles. The number of aromatic nitrogens is 3. The Kier molecular flexibility index (Phi) is 2.82. The van der Waals surface area contributed by atoms with Crippen molar-refractivity contribution in [1.82, 2.24) is 14.9 Å². The number of anilines is 2. The van der Waals surface area contributed by atoms with Gasteiger partial charge in [0.15, 0.2) is 0 Å². The zero-order valence-corrected chi connectivity index (χ0v) is 9.60. The average Bonchev–Trinajstić information content (AvgIpc) is 2.79. The highest BCUT2D eigenvalue weighted by atomic mass is 16.5. The van der Waals surface area contributed by atoms with E-state index >= 15 is 0 Å². The third-order valence-electron chi connectivity index (χ3n) is 2.37. The number of carbonyl (C=O) groups is 1. The Morgan fingerprint density at radius 3 is 2.88 bits per heavy atom. The Labute approximate surface area is 97.6 Å². The summed E-state index contributed by atoms with van der Waals surface area (Å²) in [6.45, 7) is 3.71. The van der Waals surface area contributed by atoms with Gasteiger partial charge in [-0.1, -0.05) is 5.16 Å². The van der Waals surface area contributed by atoms with E-state index in [1.54, 1.807) is 6.20 Å². The number of carbonyl (C=O) groups excluding carboxylic acids is 1. The van der Waals surface area contributed by atoms with E-state index in [-0.39, 0.29) is 12.5 Å². The molecule has 0 aliphatic rings. The number of nitrogens with zero attached hydrogens (tertiary/aromatic N) is 3. The van der Waals surface area contributed by atoms with Crippen LogP contribution >= 0.6 is 0 Å². The van der Waals surface area contributed by atoms with Gasteiger partial charge in [0.1, 0.15) is 6.54 Å². The summed E-state index contributed by atoms with van der Waals surface area (Å²) in [5.74, 6) is 0.125. The van der Waals surface area contributed by atoms with Crippen molar-refractivity contribution in [2.24, 2.45) is 0 Å². The largest absolute Gasteiger partial charge is 0.396 e. The molecule has 0 unspecified atom stereocenters. The van der Waals surface area contributed by atoms with Crippen LogP contribution in [0.2, 0.25) is 0 Å². The van der Waals surface area contributed by atoms with Crippen molar-refractivity contribution in [3.05, 3.63) is 23.7 Å². The molecule has 0 aliphatic carbocycles. The smallest absolute Gasteiger partial charge is 0.248 e. The third-order valence-corrected chi connectivity index (χ3v) is 2.37. The minimum absolute atomic E-state index is 0.0797. The summed E-state index contributed by atoms with van der Waals surface area (Å²) in [4.78, 5) is 11.7. The van der Waals surface area contributed by atoms with E-state index < -0.39 is 0 Å². The van der Waals surface area contributed by atoms with Crippen molar-refractivity contribution < 1.29 is 9.32 Å². The van der Waals surface area contributed by atoms with E-state index in [1.165, 1.54) is 10.9 Å². The number of rotatable bonds is 3. The molecule has 17 heavy (non-hydrogen) atoms. The first-order chi connectivity index (χ1) is 8.06. The van der Waals surface area contributed by atoms with Gasteiger partial charge in [-0.15, -0.1) is 0 Å². The van der Waals surface area contributed by atoms with Crippen LogP contribution in [0.25, 0.3) is 0 Å². The van der Waals surface area contributed by atoms with Gasteiger partial charge in [-0.3, -0.25) is 14.8 Å². The summed E-state index contributed by atoms with van der Waals surface area (Å²) in [5, 5.41) is 10.3. The molecule has 0 fully saturated rings. The first kappa shape index (κ1) is 11.2. The molecule has 0 atom stereocenters. The summed E-state index contributed by atoms with van der Waals surface area (Å²) >= 11 is 0. The molecule has 0 spiro atoms. The van der Waals surface area contributed by atoms with Gasteiger partial charge >= 0.3 is 0 Å². The monoisotopic (exact) mass is 235 g/mol. The van der Waals surface area contributed by atoms with Gasteiger partial charge < -0.3 is 10.3 Å². The molecule has 2 aromatic rings. The normalized spacial score (nSPS) is 10.5. The minimum atomic E-state index is -0.243. The Morgan fingerprint density at radius 2 is 2.35 bits per heavy atom. The maximum Gasteiger partial charge on any atom is 0.248 e. The van der Waals surface area contributed by atoms with Gasteiger partial charge in [0, 0.05) is 11.8 Å². The quantitative estimate of drug-likeness (QED) is 0.816. The fraction of sp³-hybridized carbons (Fsp3) is 0.300. The van der Waals surface area contributed by atoms with Crippen LogP contribution in [0.15, 0.2) is 16.9 Å². The fourth-order valence-electron chi connectivity index (χ4n) is 1.31. The SMILES string of the molecule is Cc1noc(NC(=O)Cn2cc(N)cn2)c1C. The van der Waals surface area contributed by atoms with E-state index in [1.807, 2.05) is 13.8 Å². The summed E-state index contributed by atoms with van der Waals surface area (Å²) in [7, 11) is 0. The molecule has 0 bridgehead atoms. The van der Waals surface area contributed by atoms with E-state index in [0.29, 0.717) is 11.6 Å². The second-order valence-electron chi connectivity index (χ2n) is 3.74. The second-order valence-corrected chi connectivity index (χ2v) is 3.74. The molecule has 0 aromatic carbocycles. The fourth-order valence-corrected chi connectivity index (χ4v) is 1.31. The van der Waals surface area contributed by atoms with Crippen LogP contribution < -0.4 is 11.1 Å². The number of hydrogen-bond donors (Lipinski definition) is 2. The summed E-state index contributed by atoms with van der Waals surface area (Å²) in [5.41, 5.74) is 7.58. The minimum Gasteiger partial charge on any atom is -0.396 e. The number of amides is 1. The Hall–Kier alpha value is -2.31. The molecule has 7 heteroatoms. The topological polar surface area (TPSA) is 99.0 Å². The van der Waals surface area contributed by atoms with Crippen LogP contribution in [0.1, 0.15) is 11.3 Å². The zero-order valence-electron chi connectivity index (χ0n) is 9.60. The second kappa shape index (κ2) is 4.28. The van der Waals surface area contributed by atoms with Gasteiger partial charge in [-0.25, -0.2) is 0 Å². The molecule has 2 aromatic heterocycles. The maximum atomic E-state index is 11.7. The number of nitrogens with one attached hydrogen (secondary N) is 1. The molecular weight excluding hydrogens is 222 g/mol. The highest BCUT2D eigenvalue weighted by Gasteiger charge is 2.12. The molecule has 1 amide bonds. The average molecular weight is 235 g/mol. The van der Waals surface area contributed by atoms with Crippen molar-refractivity contribution in [2.45, 2.75) is 20.4 Å².